The van der Waals surface area contributed by atoms with Crippen molar-refractivity contribution in [2.24, 2.45) is 5.92 Å². The first-order valence-electron chi connectivity index (χ1n) is 6.12. The van der Waals surface area contributed by atoms with Crippen LogP contribution in [0.3, 0.4) is 0 Å². The van der Waals surface area contributed by atoms with Gasteiger partial charge in [-0.3, -0.25) is 0 Å². The number of pyridine rings is 1. The summed E-state index contributed by atoms with van der Waals surface area (Å²) in [7, 11) is 0. The Labute approximate surface area is 100 Å². The lowest BCUT2D eigenvalue weighted by atomic mass is 10.1. The molecular weight excluding hydrogens is 216 g/mol. The van der Waals surface area contributed by atoms with Gasteiger partial charge in [-0.25, -0.2) is 9.78 Å². The van der Waals surface area contributed by atoms with Gasteiger partial charge in [0.2, 0.25) is 0 Å². The Balaban J connectivity index is 2.01. The summed E-state index contributed by atoms with van der Waals surface area (Å²) in [6, 6.07) is 3.94. The third-order valence-electron chi connectivity index (χ3n) is 3.93. The number of anilines is 1. The van der Waals surface area contributed by atoms with E-state index in [0.717, 1.165) is 18.2 Å². The molecule has 1 aliphatic carbocycles. The molecule has 4 heteroatoms. The monoisotopic (exact) mass is 232 g/mol. The van der Waals surface area contributed by atoms with Crippen LogP contribution in [0.25, 0.3) is 0 Å². The molecular formula is C13H16N2O2. The second kappa shape index (κ2) is 3.72. The molecule has 2 atom stereocenters. The predicted molar refractivity (Wildman–Crippen MR) is 64.4 cm³/mol. The molecule has 2 bridgehead atoms. The molecule has 17 heavy (non-hydrogen) atoms. The normalized spacial score (nSPS) is 26.5. The molecule has 2 aliphatic rings. The maximum Gasteiger partial charge on any atom is 0.339 e. The van der Waals surface area contributed by atoms with Gasteiger partial charge in [-0.05, 0) is 44.2 Å². The van der Waals surface area contributed by atoms with Crippen LogP contribution in [-0.4, -0.2) is 28.6 Å². The summed E-state index contributed by atoms with van der Waals surface area (Å²) < 4.78 is 0. The van der Waals surface area contributed by atoms with Crippen LogP contribution in [0, 0.1) is 12.8 Å². The molecule has 2 heterocycles. The summed E-state index contributed by atoms with van der Waals surface area (Å²) in [5, 5.41) is 9.22. The van der Waals surface area contributed by atoms with E-state index < -0.39 is 5.97 Å². The van der Waals surface area contributed by atoms with Gasteiger partial charge in [0.25, 0.3) is 0 Å². The maximum atomic E-state index is 11.2. The fourth-order valence-electron chi connectivity index (χ4n) is 3.11. The molecule has 1 N–H and O–H groups in total. The number of carboxylic acids is 1. The molecule has 0 spiro atoms. The van der Waals surface area contributed by atoms with Crippen LogP contribution >= 0.6 is 0 Å². The number of hydrogen-bond acceptors (Lipinski definition) is 3. The standard InChI is InChI=1S/C13H16N2O2/c1-8-2-5-11(13(16)17)12(14-8)15-7-9-3-4-10(15)6-9/h2,5,9-10H,3-4,6-7H2,1H3,(H,16,17). The third-order valence-corrected chi connectivity index (χ3v) is 3.93. The Hall–Kier alpha value is -1.58. The van der Waals surface area contributed by atoms with Crippen molar-refractivity contribution in [3.8, 4) is 0 Å². The first-order valence-corrected chi connectivity index (χ1v) is 6.12. The van der Waals surface area contributed by atoms with E-state index in [2.05, 4.69) is 9.88 Å². The van der Waals surface area contributed by atoms with Crippen molar-refractivity contribution in [1.29, 1.82) is 0 Å². The lowest BCUT2D eigenvalue weighted by Crippen LogP contribution is -2.34. The van der Waals surface area contributed by atoms with E-state index in [1.165, 1.54) is 19.3 Å². The SMILES string of the molecule is Cc1ccc(C(=O)O)c(N2CC3CCC2C3)n1. The minimum atomic E-state index is -0.879. The molecule has 2 unspecified atom stereocenters. The number of carbonyl (C=O) groups is 1. The Morgan fingerprint density at radius 1 is 1.47 bits per heavy atom. The van der Waals surface area contributed by atoms with Gasteiger partial charge in [-0.1, -0.05) is 0 Å². The summed E-state index contributed by atoms with van der Waals surface area (Å²) in [6.45, 7) is 2.88. The van der Waals surface area contributed by atoms with E-state index in [1.54, 1.807) is 12.1 Å². The number of aryl methyl sites for hydroxylation is 1. The second-order valence-electron chi connectivity index (χ2n) is 5.11. The fraction of sp³-hybridized carbons (Fsp3) is 0.538. The van der Waals surface area contributed by atoms with Crippen molar-refractivity contribution < 1.29 is 9.90 Å². The molecule has 0 radical (unpaired) electrons. The van der Waals surface area contributed by atoms with E-state index in [-0.39, 0.29) is 0 Å². The topological polar surface area (TPSA) is 53.4 Å². The van der Waals surface area contributed by atoms with E-state index in [1.807, 2.05) is 6.92 Å². The summed E-state index contributed by atoms with van der Waals surface area (Å²) in [6.07, 6.45) is 3.67. The average Bonchev–Trinajstić information content (AvgIpc) is 2.90. The minimum absolute atomic E-state index is 0.336. The van der Waals surface area contributed by atoms with Crippen molar-refractivity contribution in [2.45, 2.75) is 32.2 Å². The van der Waals surface area contributed by atoms with Gasteiger partial charge in [0.05, 0.1) is 0 Å². The van der Waals surface area contributed by atoms with Gasteiger partial charge in [0.1, 0.15) is 11.4 Å². The molecule has 1 saturated heterocycles. The molecule has 1 aromatic heterocycles. The van der Waals surface area contributed by atoms with Gasteiger partial charge in [0.15, 0.2) is 0 Å². The third kappa shape index (κ3) is 1.68. The van der Waals surface area contributed by atoms with Crippen LogP contribution < -0.4 is 4.90 Å². The van der Waals surface area contributed by atoms with Gasteiger partial charge in [-0.15, -0.1) is 0 Å². The first-order chi connectivity index (χ1) is 8.15. The number of aromatic carboxylic acids is 1. The predicted octanol–water partition coefficient (Wildman–Crippen LogP) is 2.08. The van der Waals surface area contributed by atoms with Gasteiger partial charge in [0, 0.05) is 18.3 Å². The fourth-order valence-corrected chi connectivity index (χ4v) is 3.11. The van der Waals surface area contributed by atoms with E-state index in [9.17, 15) is 9.90 Å². The summed E-state index contributed by atoms with van der Waals surface area (Å²) in [5.74, 6) is 0.531. The first kappa shape index (κ1) is 10.6. The maximum absolute atomic E-state index is 11.2. The number of carboxylic acid groups (broad SMARTS) is 1. The summed E-state index contributed by atoms with van der Waals surface area (Å²) in [4.78, 5) is 17.9. The largest absolute Gasteiger partial charge is 0.478 e. The smallest absolute Gasteiger partial charge is 0.339 e. The molecule has 2 fully saturated rings. The van der Waals surface area contributed by atoms with E-state index in [4.69, 9.17) is 0 Å². The highest BCUT2D eigenvalue weighted by Gasteiger charge is 2.39. The van der Waals surface area contributed by atoms with Crippen molar-refractivity contribution in [1.82, 2.24) is 4.98 Å². The molecule has 90 valence electrons. The van der Waals surface area contributed by atoms with Crippen LogP contribution in [0.2, 0.25) is 0 Å². The van der Waals surface area contributed by atoms with Gasteiger partial charge >= 0.3 is 5.97 Å². The Bertz CT molecular complexity index is 472. The van der Waals surface area contributed by atoms with Crippen molar-refractivity contribution >= 4 is 11.8 Å². The second-order valence-corrected chi connectivity index (χ2v) is 5.11. The number of nitrogens with zero attached hydrogens (tertiary/aromatic N) is 2. The van der Waals surface area contributed by atoms with Crippen molar-refractivity contribution in [2.75, 3.05) is 11.4 Å². The minimum Gasteiger partial charge on any atom is -0.478 e. The van der Waals surface area contributed by atoms with Gasteiger partial charge in [-0.2, -0.15) is 0 Å². The lowest BCUT2D eigenvalue weighted by Gasteiger charge is -2.29. The Morgan fingerprint density at radius 3 is 2.88 bits per heavy atom. The highest BCUT2D eigenvalue weighted by atomic mass is 16.4. The highest BCUT2D eigenvalue weighted by molar-refractivity contribution is 5.93. The number of fused-ring (bicyclic) bond motifs is 2. The van der Waals surface area contributed by atoms with E-state index >= 15 is 0 Å². The molecule has 3 rings (SSSR count). The zero-order chi connectivity index (χ0) is 12.0. The molecule has 1 aromatic rings. The van der Waals surface area contributed by atoms with Crippen molar-refractivity contribution in [3.63, 3.8) is 0 Å². The van der Waals surface area contributed by atoms with Crippen LogP contribution in [0.15, 0.2) is 12.1 Å². The quantitative estimate of drug-likeness (QED) is 0.848. The summed E-state index contributed by atoms with van der Waals surface area (Å²) in [5.41, 5.74) is 1.22. The lowest BCUT2D eigenvalue weighted by molar-refractivity contribution is 0.0697. The van der Waals surface area contributed by atoms with Crippen LogP contribution in [0.1, 0.15) is 35.3 Å². The zero-order valence-electron chi connectivity index (χ0n) is 9.89. The summed E-state index contributed by atoms with van der Waals surface area (Å²) >= 11 is 0. The van der Waals surface area contributed by atoms with Crippen LogP contribution in [0.4, 0.5) is 5.82 Å². The molecule has 1 aliphatic heterocycles. The molecule has 0 aromatic carbocycles. The number of piperidine rings is 1. The van der Waals surface area contributed by atoms with Crippen LogP contribution in [-0.2, 0) is 0 Å². The number of rotatable bonds is 2. The zero-order valence-corrected chi connectivity index (χ0v) is 9.89. The van der Waals surface area contributed by atoms with E-state index in [0.29, 0.717) is 17.4 Å². The van der Waals surface area contributed by atoms with Crippen LogP contribution in [0.5, 0.6) is 0 Å². The Kier molecular flexibility index (Phi) is 2.31. The molecule has 1 saturated carbocycles. The number of hydrogen-bond donors (Lipinski definition) is 1. The van der Waals surface area contributed by atoms with Gasteiger partial charge < -0.3 is 10.0 Å². The number of aromatic nitrogens is 1. The average molecular weight is 232 g/mol. The van der Waals surface area contributed by atoms with Crippen molar-refractivity contribution in [3.05, 3.63) is 23.4 Å². The highest BCUT2D eigenvalue weighted by Crippen LogP contribution is 2.40. The molecule has 0 amide bonds. The Morgan fingerprint density at radius 2 is 2.29 bits per heavy atom. The molecule has 4 nitrogen and oxygen atoms in total.